The lowest BCUT2D eigenvalue weighted by atomic mass is 9.94. The van der Waals surface area contributed by atoms with Crippen LogP contribution in [0.4, 0.5) is 10.2 Å². The first-order valence-electron chi connectivity index (χ1n) is 10.9. The standard InChI is InChI=1S/C26H23ClFN5/c27-24-8-7-20(28)14-23(24)25-9-10-26(32-31-25)30-15-18-4-3-5-19-16-33(13-11-22(18)19)17-21-6-1-2-12-29-21/h1-10,12,14H,11,13,15-17H2,(H,30,32). The molecule has 1 aliphatic rings. The molecule has 0 aliphatic carbocycles. The summed E-state index contributed by atoms with van der Waals surface area (Å²) in [7, 11) is 0. The maximum atomic E-state index is 13.6. The summed E-state index contributed by atoms with van der Waals surface area (Å²) in [5.74, 6) is 0.308. The van der Waals surface area contributed by atoms with Crippen LogP contribution in [0.2, 0.25) is 5.02 Å². The van der Waals surface area contributed by atoms with E-state index >= 15 is 0 Å². The number of fused-ring (bicyclic) bond motifs is 1. The summed E-state index contributed by atoms with van der Waals surface area (Å²) in [6, 6.07) is 20.4. The lowest BCUT2D eigenvalue weighted by Gasteiger charge is -2.30. The number of benzene rings is 2. The van der Waals surface area contributed by atoms with Crippen LogP contribution in [-0.2, 0) is 26.1 Å². The molecule has 0 unspecified atom stereocenters. The minimum absolute atomic E-state index is 0.356. The van der Waals surface area contributed by atoms with Crippen molar-refractivity contribution in [1.29, 1.82) is 0 Å². The molecule has 0 fully saturated rings. The molecular formula is C26H23ClFN5. The van der Waals surface area contributed by atoms with Crippen LogP contribution in [0.1, 0.15) is 22.4 Å². The first-order chi connectivity index (χ1) is 16.2. The maximum absolute atomic E-state index is 13.6. The molecule has 1 N–H and O–H groups in total. The van der Waals surface area contributed by atoms with Gasteiger partial charge in [-0.15, -0.1) is 10.2 Å². The highest BCUT2D eigenvalue weighted by Crippen LogP contribution is 2.28. The average Bonchev–Trinajstić information content (AvgIpc) is 2.85. The summed E-state index contributed by atoms with van der Waals surface area (Å²) < 4.78 is 13.6. The van der Waals surface area contributed by atoms with Gasteiger partial charge in [-0.1, -0.05) is 35.9 Å². The van der Waals surface area contributed by atoms with Crippen molar-refractivity contribution in [2.24, 2.45) is 0 Å². The van der Waals surface area contributed by atoms with E-state index in [0.717, 1.165) is 31.7 Å². The van der Waals surface area contributed by atoms with Gasteiger partial charge in [0.2, 0.25) is 0 Å². The molecule has 1 aliphatic heterocycles. The normalized spacial score (nSPS) is 13.5. The molecule has 2 aromatic carbocycles. The van der Waals surface area contributed by atoms with E-state index in [-0.39, 0.29) is 5.82 Å². The zero-order valence-corrected chi connectivity index (χ0v) is 18.8. The summed E-state index contributed by atoms with van der Waals surface area (Å²) in [5, 5.41) is 12.3. The van der Waals surface area contributed by atoms with Crippen LogP contribution in [0, 0.1) is 5.82 Å². The van der Waals surface area contributed by atoms with Crippen molar-refractivity contribution in [2.45, 2.75) is 26.1 Å². The zero-order valence-electron chi connectivity index (χ0n) is 18.0. The molecule has 0 bridgehead atoms. The number of pyridine rings is 1. The lowest BCUT2D eigenvalue weighted by molar-refractivity contribution is 0.242. The molecule has 3 heterocycles. The van der Waals surface area contributed by atoms with Crippen molar-refractivity contribution < 1.29 is 4.39 Å². The fourth-order valence-corrected chi connectivity index (χ4v) is 4.43. The molecule has 0 amide bonds. The maximum Gasteiger partial charge on any atom is 0.148 e. The smallest absolute Gasteiger partial charge is 0.148 e. The Morgan fingerprint density at radius 2 is 1.94 bits per heavy atom. The fraction of sp³-hybridized carbons (Fsp3) is 0.192. The van der Waals surface area contributed by atoms with Crippen LogP contribution < -0.4 is 5.32 Å². The number of hydrogen-bond donors (Lipinski definition) is 1. The Morgan fingerprint density at radius 3 is 2.76 bits per heavy atom. The number of nitrogens with zero attached hydrogens (tertiary/aromatic N) is 4. The van der Waals surface area contributed by atoms with Crippen molar-refractivity contribution in [1.82, 2.24) is 20.1 Å². The highest BCUT2D eigenvalue weighted by Gasteiger charge is 2.19. The van der Waals surface area contributed by atoms with E-state index in [9.17, 15) is 4.39 Å². The molecular weight excluding hydrogens is 437 g/mol. The second-order valence-corrected chi connectivity index (χ2v) is 8.53. The monoisotopic (exact) mass is 459 g/mol. The molecule has 166 valence electrons. The summed E-state index contributed by atoms with van der Waals surface area (Å²) in [6.45, 7) is 3.45. The van der Waals surface area contributed by atoms with Crippen LogP contribution in [0.25, 0.3) is 11.3 Å². The third kappa shape index (κ3) is 5.02. The highest BCUT2D eigenvalue weighted by molar-refractivity contribution is 6.33. The Hall–Kier alpha value is -3.35. The van der Waals surface area contributed by atoms with Crippen molar-refractivity contribution >= 4 is 17.4 Å². The van der Waals surface area contributed by atoms with Gasteiger partial charge in [-0.25, -0.2) is 4.39 Å². The zero-order chi connectivity index (χ0) is 22.6. The molecule has 4 aromatic rings. The van der Waals surface area contributed by atoms with E-state index in [1.807, 2.05) is 24.4 Å². The first-order valence-corrected chi connectivity index (χ1v) is 11.3. The number of nitrogens with one attached hydrogen (secondary N) is 1. The van der Waals surface area contributed by atoms with Crippen molar-refractivity contribution in [3.63, 3.8) is 0 Å². The van der Waals surface area contributed by atoms with Crippen LogP contribution in [-0.4, -0.2) is 26.6 Å². The minimum Gasteiger partial charge on any atom is -0.364 e. The van der Waals surface area contributed by atoms with E-state index in [1.54, 1.807) is 6.07 Å². The van der Waals surface area contributed by atoms with Crippen molar-refractivity contribution in [2.75, 3.05) is 11.9 Å². The van der Waals surface area contributed by atoms with Gasteiger partial charge >= 0.3 is 0 Å². The largest absolute Gasteiger partial charge is 0.364 e. The summed E-state index contributed by atoms with van der Waals surface area (Å²) >= 11 is 6.18. The number of halogens is 2. The van der Waals surface area contributed by atoms with Gasteiger partial charge in [-0.05, 0) is 65.6 Å². The first kappa shape index (κ1) is 21.5. The van der Waals surface area contributed by atoms with Crippen LogP contribution >= 0.6 is 11.6 Å². The molecule has 0 atom stereocenters. The Balaban J connectivity index is 1.25. The van der Waals surface area contributed by atoms with Gasteiger partial charge < -0.3 is 5.32 Å². The summed E-state index contributed by atoms with van der Waals surface area (Å²) in [5.41, 5.74) is 6.19. The minimum atomic E-state index is -0.356. The number of hydrogen-bond acceptors (Lipinski definition) is 5. The molecule has 5 rings (SSSR count). The Kier molecular flexibility index (Phi) is 6.28. The molecule has 0 spiro atoms. The molecule has 0 saturated carbocycles. The summed E-state index contributed by atoms with van der Waals surface area (Å²) in [4.78, 5) is 6.89. The van der Waals surface area contributed by atoms with Crippen molar-refractivity contribution in [3.8, 4) is 11.3 Å². The lowest BCUT2D eigenvalue weighted by Crippen LogP contribution is -2.31. The van der Waals surface area contributed by atoms with Crippen LogP contribution in [0.3, 0.4) is 0 Å². The van der Waals surface area contributed by atoms with Crippen LogP contribution in [0.15, 0.2) is 72.9 Å². The van der Waals surface area contributed by atoms with Gasteiger partial charge in [0.1, 0.15) is 11.6 Å². The Morgan fingerprint density at radius 1 is 1.00 bits per heavy atom. The highest BCUT2D eigenvalue weighted by atomic mass is 35.5. The topological polar surface area (TPSA) is 53.9 Å². The molecule has 0 radical (unpaired) electrons. The van der Waals surface area contributed by atoms with E-state index in [2.05, 4.69) is 49.7 Å². The Bertz CT molecular complexity index is 1250. The predicted octanol–water partition coefficient (Wildman–Crippen LogP) is 5.50. The SMILES string of the molecule is Fc1ccc(Cl)c(-c2ccc(NCc3cccc4c3CCN(Cc3ccccn3)C4)nn2)c1. The van der Waals surface area contributed by atoms with Gasteiger partial charge in [0.25, 0.3) is 0 Å². The number of aromatic nitrogens is 3. The summed E-state index contributed by atoms with van der Waals surface area (Å²) in [6.07, 6.45) is 2.85. The van der Waals surface area contributed by atoms with Gasteiger partial charge in [0.15, 0.2) is 0 Å². The van der Waals surface area contributed by atoms with Gasteiger partial charge in [-0.3, -0.25) is 9.88 Å². The Labute approximate surface area is 197 Å². The van der Waals surface area contributed by atoms with Crippen molar-refractivity contribution in [3.05, 3.63) is 106 Å². The molecule has 33 heavy (non-hydrogen) atoms. The fourth-order valence-electron chi connectivity index (χ4n) is 4.22. The van der Waals surface area contributed by atoms with E-state index in [4.69, 9.17) is 11.6 Å². The molecule has 2 aromatic heterocycles. The van der Waals surface area contributed by atoms with E-state index in [0.29, 0.717) is 28.6 Å². The number of rotatable bonds is 6. The van der Waals surface area contributed by atoms with E-state index in [1.165, 1.54) is 34.9 Å². The second kappa shape index (κ2) is 9.65. The van der Waals surface area contributed by atoms with Gasteiger partial charge in [0, 0.05) is 37.9 Å². The molecule has 7 heteroatoms. The number of anilines is 1. The molecule has 5 nitrogen and oxygen atoms in total. The molecule has 0 saturated heterocycles. The third-order valence-corrected chi connectivity index (χ3v) is 6.21. The van der Waals surface area contributed by atoms with Gasteiger partial charge in [-0.2, -0.15) is 0 Å². The predicted molar refractivity (Wildman–Crippen MR) is 128 cm³/mol. The average molecular weight is 460 g/mol. The third-order valence-electron chi connectivity index (χ3n) is 5.88. The quantitative estimate of drug-likeness (QED) is 0.412. The van der Waals surface area contributed by atoms with Gasteiger partial charge in [0.05, 0.1) is 16.4 Å². The van der Waals surface area contributed by atoms with E-state index < -0.39 is 0 Å². The van der Waals surface area contributed by atoms with Crippen LogP contribution in [0.5, 0.6) is 0 Å². The second-order valence-electron chi connectivity index (χ2n) is 8.12.